The Morgan fingerprint density at radius 1 is 1.48 bits per heavy atom. The number of hydrogen-bond donors (Lipinski definition) is 1. The second kappa shape index (κ2) is 7.02. The summed E-state index contributed by atoms with van der Waals surface area (Å²) < 4.78 is 0. The molecule has 0 aliphatic carbocycles. The van der Waals surface area contributed by atoms with Crippen LogP contribution >= 0.6 is 0 Å². The van der Waals surface area contributed by atoms with Gasteiger partial charge in [-0.05, 0) is 36.5 Å². The SMILES string of the molecule is CCC1CCCN(C(=O)c2ccc(C=CC(=O)O)cn2)C1. The first kappa shape index (κ1) is 15.2. The summed E-state index contributed by atoms with van der Waals surface area (Å²) in [6.45, 7) is 3.75. The molecule has 5 heteroatoms. The van der Waals surface area contributed by atoms with Crippen LogP contribution in [0.5, 0.6) is 0 Å². The number of nitrogens with zero attached hydrogens (tertiary/aromatic N) is 2. The number of hydrogen-bond acceptors (Lipinski definition) is 3. The second-order valence-corrected chi connectivity index (χ2v) is 5.32. The van der Waals surface area contributed by atoms with E-state index in [1.807, 2.05) is 4.90 Å². The fourth-order valence-electron chi connectivity index (χ4n) is 2.54. The fourth-order valence-corrected chi connectivity index (χ4v) is 2.54. The summed E-state index contributed by atoms with van der Waals surface area (Å²) in [6, 6.07) is 3.36. The Bertz CT molecular complexity index is 537. The summed E-state index contributed by atoms with van der Waals surface area (Å²) in [4.78, 5) is 28.9. The highest BCUT2D eigenvalue weighted by molar-refractivity contribution is 5.92. The lowest BCUT2D eigenvalue weighted by molar-refractivity contribution is -0.131. The fraction of sp³-hybridized carbons (Fsp3) is 0.438. The maximum atomic E-state index is 12.4. The molecule has 0 spiro atoms. The van der Waals surface area contributed by atoms with Gasteiger partial charge in [0.2, 0.25) is 0 Å². The van der Waals surface area contributed by atoms with E-state index in [1.54, 1.807) is 12.1 Å². The van der Waals surface area contributed by atoms with Gasteiger partial charge in [-0.2, -0.15) is 0 Å². The zero-order valence-electron chi connectivity index (χ0n) is 12.2. The Morgan fingerprint density at radius 3 is 2.90 bits per heavy atom. The number of pyridine rings is 1. The molecule has 1 saturated heterocycles. The predicted octanol–water partition coefficient (Wildman–Crippen LogP) is 2.44. The normalized spacial score (nSPS) is 18.9. The highest BCUT2D eigenvalue weighted by Gasteiger charge is 2.23. The highest BCUT2D eigenvalue weighted by Crippen LogP contribution is 2.20. The summed E-state index contributed by atoms with van der Waals surface area (Å²) in [5.74, 6) is -0.462. The van der Waals surface area contributed by atoms with Gasteiger partial charge in [0.25, 0.3) is 5.91 Å². The minimum absolute atomic E-state index is 0.0399. The minimum Gasteiger partial charge on any atom is -0.478 e. The van der Waals surface area contributed by atoms with Gasteiger partial charge in [0.1, 0.15) is 5.69 Å². The summed E-state index contributed by atoms with van der Waals surface area (Å²) >= 11 is 0. The predicted molar refractivity (Wildman–Crippen MR) is 79.8 cm³/mol. The zero-order valence-corrected chi connectivity index (χ0v) is 12.2. The topological polar surface area (TPSA) is 70.5 Å². The zero-order chi connectivity index (χ0) is 15.2. The molecule has 2 heterocycles. The van der Waals surface area contributed by atoms with Crippen LogP contribution in [0.15, 0.2) is 24.4 Å². The molecular formula is C16H20N2O3. The van der Waals surface area contributed by atoms with E-state index in [0.29, 0.717) is 17.2 Å². The van der Waals surface area contributed by atoms with Crippen molar-refractivity contribution in [1.82, 2.24) is 9.88 Å². The van der Waals surface area contributed by atoms with Gasteiger partial charge >= 0.3 is 5.97 Å². The highest BCUT2D eigenvalue weighted by atomic mass is 16.4. The Balaban J connectivity index is 2.04. The van der Waals surface area contributed by atoms with E-state index in [9.17, 15) is 9.59 Å². The lowest BCUT2D eigenvalue weighted by atomic mass is 9.95. The number of rotatable bonds is 4. The molecule has 1 aromatic rings. The molecule has 0 aromatic carbocycles. The number of likely N-dealkylation sites (tertiary alicyclic amines) is 1. The van der Waals surface area contributed by atoms with Crippen molar-refractivity contribution in [2.24, 2.45) is 5.92 Å². The summed E-state index contributed by atoms with van der Waals surface area (Å²) in [6.07, 6.45) is 7.35. The molecular weight excluding hydrogens is 268 g/mol. The van der Waals surface area contributed by atoms with Crippen LogP contribution in [-0.2, 0) is 4.79 Å². The van der Waals surface area contributed by atoms with E-state index in [2.05, 4.69) is 11.9 Å². The largest absolute Gasteiger partial charge is 0.478 e. The second-order valence-electron chi connectivity index (χ2n) is 5.32. The smallest absolute Gasteiger partial charge is 0.328 e. The molecule has 5 nitrogen and oxygen atoms in total. The molecule has 1 atom stereocenters. The molecule has 1 unspecified atom stereocenters. The van der Waals surface area contributed by atoms with E-state index < -0.39 is 5.97 Å². The third kappa shape index (κ3) is 4.15. The van der Waals surface area contributed by atoms with Gasteiger partial charge in [-0.3, -0.25) is 9.78 Å². The molecule has 1 N–H and O–H groups in total. The Kier molecular flexibility index (Phi) is 5.09. The van der Waals surface area contributed by atoms with Crippen LogP contribution in [0.3, 0.4) is 0 Å². The third-order valence-electron chi connectivity index (χ3n) is 3.81. The Labute approximate surface area is 124 Å². The van der Waals surface area contributed by atoms with Gasteiger partial charge in [0.15, 0.2) is 0 Å². The monoisotopic (exact) mass is 288 g/mol. The van der Waals surface area contributed by atoms with Crippen molar-refractivity contribution in [3.8, 4) is 0 Å². The Morgan fingerprint density at radius 2 is 2.29 bits per heavy atom. The average Bonchev–Trinajstić information content (AvgIpc) is 2.52. The maximum Gasteiger partial charge on any atom is 0.328 e. The van der Waals surface area contributed by atoms with Crippen molar-refractivity contribution in [1.29, 1.82) is 0 Å². The van der Waals surface area contributed by atoms with Crippen molar-refractivity contribution < 1.29 is 14.7 Å². The number of aliphatic carboxylic acids is 1. The number of piperidine rings is 1. The number of carbonyl (C=O) groups is 2. The molecule has 1 amide bonds. The Hall–Kier alpha value is -2.17. The van der Waals surface area contributed by atoms with E-state index in [1.165, 1.54) is 18.7 Å². The number of carbonyl (C=O) groups excluding carboxylic acids is 1. The summed E-state index contributed by atoms with van der Waals surface area (Å²) in [5.41, 5.74) is 1.08. The minimum atomic E-state index is -1.01. The van der Waals surface area contributed by atoms with E-state index in [-0.39, 0.29) is 5.91 Å². The van der Waals surface area contributed by atoms with Crippen LogP contribution in [0.4, 0.5) is 0 Å². The van der Waals surface area contributed by atoms with Crippen LogP contribution in [0, 0.1) is 5.92 Å². The van der Waals surface area contributed by atoms with Gasteiger partial charge in [-0.25, -0.2) is 4.79 Å². The number of carboxylic acids is 1. The van der Waals surface area contributed by atoms with Crippen LogP contribution in [0.2, 0.25) is 0 Å². The van der Waals surface area contributed by atoms with E-state index >= 15 is 0 Å². The maximum absolute atomic E-state index is 12.4. The molecule has 0 radical (unpaired) electrons. The van der Waals surface area contributed by atoms with Gasteiger partial charge in [0.05, 0.1) is 0 Å². The van der Waals surface area contributed by atoms with Gasteiger partial charge in [-0.15, -0.1) is 0 Å². The van der Waals surface area contributed by atoms with Crippen LogP contribution in [0.25, 0.3) is 6.08 Å². The van der Waals surface area contributed by atoms with Crippen LogP contribution < -0.4 is 0 Å². The van der Waals surface area contributed by atoms with E-state index in [4.69, 9.17) is 5.11 Å². The first-order chi connectivity index (χ1) is 10.1. The third-order valence-corrected chi connectivity index (χ3v) is 3.81. The lowest BCUT2D eigenvalue weighted by Crippen LogP contribution is -2.40. The molecule has 2 rings (SSSR count). The van der Waals surface area contributed by atoms with E-state index in [0.717, 1.165) is 32.0 Å². The van der Waals surface area contributed by atoms with Crippen LogP contribution in [0.1, 0.15) is 42.2 Å². The molecule has 1 aromatic heterocycles. The number of aromatic nitrogens is 1. The molecule has 1 aliphatic rings. The number of amides is 1. The first-order valence-electron chi connectivity index (χ1n) is 7.26. The van der Waals surface area contributed by atoms with Gasteiger partial charge in [0, 0.05) is 25.4 Å². The van der Waals surface area contributed by atoms with Crippen molar-refractivity contribution >= 4 is 18.0 Å². The van der Waals surface area contributed by atoms with Gasteiger partial charge in [-0.1, -0.05) is 19.4 Å². The molecule has 1 aliphatic heterocycles. The summed E-state index contributed by atoms with van der Waals surface area (Å²) in [5, 5.41) is 8.57. The van der Waals surface area contributed by atoms with Gasteiger partial charge < -0.3 is 10.0 Å². The molecule has 1 fully saturated rings. The average molecular weight is 288 g/mol. The van der Waals surface area contributed by atoms with Crippen molar-refractivity contribution in [3.05, 3.63) is 35.7 Å². The number of carboxylic acid groups (broad SMARTS) is 1. The molecule has 0 bridgehead atoms. The molecule has 112 valence electrons. The lowest BCUT2D eigenvalue weighted by Gasteiger charge is -2.32. The van der Waals surface area contributed by atoms with Crippen molar-refractivity contribution in [2.45, 2.75) is 26.2 Å². The van der Waals surface area contributed by atoms with Crippen molar-refractivity contribution in [2.75, 3.05) is 13.1 Å². The quantitative estimate of drug-likeness (QED) is 0.864. The van der Waals surface area contributed by atoms with Crippen molar-refractivity contribution in [3.63, 3.8) is 0 Å². The summed E-state index contributed by atoms with van der Waals surface area (Å²) in [7, 11) is 0. The first-order valence-corrected chi connectivity index (χ1v) is 7.26. The standard InChI is InChI=1S/C16H20N2O3/c1-2-12-4-3-9-18(11-12)16(21)14-7-5-13(10-17-14)6-8-15(19)20/h5-8,10,12H,2-4,9,11H2,1H3,(H,19,20). The van der Waals surface area contributed by atoms with Crippen LogP contribution in [-0.4, -0.2) is 40.0 Å². The molecule has 0 saturated carbocycles. The molecule has 21 heavy (non-hydrogen) atoms.